The van der Waals surface area contributed by atoms with E-state index in [4.69, 9.17) is 0 Å². The molecule has 1 aliphatic heterocycles. The van der Waals surface area contributed by atoms with E-state index in [9.17, 15) is 4.79 Å². The first kappa shape index (κ1) is 14.5. The molecule has 3 rings (SSSR count). The lowest BCUT2D eigenvalue weighted by Crippen LogP contribution is -2.54. The molecule has 4 nitrogen and oxygen atoms in total. The number of amides is 1. The lowest BCUT2D eigenvalue weighted by molar-refractivity contribution is -0.138. The second kappa shape index (κ2) is 5.73. The highest BCUT2D eigenvalue weighted by atomic mass is 32.1. The normalized spacial score (nSPS) is 23.0. The average molecular weight is 303 g/mol. The van der Waals surface area contributed by atoms with E-state index in [2.05, 4.69) is 35.4 Å². The monoisotopic (exact) mass is 303 g/mol. The van der Waals surface area contributed by atoms with Crippen LogP contribution >= 0.6 is 11.3 Å². The molecule has 1 N–H and O–H groups in total. The fraction of sp³-hybridized carbons (Fsp3) is 0.500. The molecule has 1 aromatic heterocycles. The Bertz CT molecular complexity index is 652. The summed E-state index contributed by atoms with van der Waals surface area (Å²) in [6.07, 6.45) is 0. The number of benzene rings is 1. The van der Waals surface area contributed by atoms with Crippen LogP contribution in [-0.4, -0.2) is 34.9 Å². The van der Waals surface area contributed by atoms with Crippen molar-refractivity contribution in [2.45, 2.75) is 32.9 Å². The number of nitrogens with zero attached hydrogens (tertiary/aromatic N) is 2. The molecule has 0 spiro atoms. The van der Waals surface area contributed by atoms with E-state index in [-0.39, 0.29) is 23.9 Å². The Morgan fingerprint density at radius 1 is 1.48 bits per heavy atom. The minimum absolute atomic E-state index is 0.0484. The van der Waals surface area contributed by atoms with Crippen molar-refractivity contribution in [2.75, 3.05) is 13.1 Å². The molecule has 0 bridgehead atoms. The van der Waals surface area contributed by atoms with Gasteiger partial charge in [0.15, 0.2) is 0 Å². The van der Waals surface area contributed by atoms with Crippen molar-refractivity contribution < 1.29 is 4.79 Å². The first-order chi connectivity index (χ1) is 10.1. The molecule has 21 heavy (non-hydrogen) atoms. The van der Waals surface area contributed by atoms with E-state index in [1.54, 1.807) is 11.3 Å². The Balaban J connectivity index is 1.83. The molecule has 2 aromatic rings. The SMILES string of the molecule is CC(C)C(=O)N1C[C@H](c2ccc3scnc3c2)NC[C@H]1C. The predicted molar refractivity (Wildman–Crippen MR) is 86.4 cm³/mol. The molecule has 1 amide bonds. The van der Waals surface area contributed by atoms with Gasteiger partial charge in [-0.3, -0.25) is 4.79 Å². The molecule has 0 unspecified atom stereocenters. The minimum Gasteiger partial charge on any atom is -0.337 e. The van der Waals surface area contributed by atoms with Crippen molar-refractivity contribution in [1.82, 2.24) is 15.2 Å². The van der Waals surface area contributed by atoms with Crippen molar-refractivity contribution >= 4 is 27.5 Å². The van der Waals surface area contributed by atoms with Crippen LogP contribution in [0.1, 0.15) is 32.4 Å². The van der Waals surface area contributed by atoms with E-state index in [0.717, 1.165) is 18.6 Å². The predicted octanol–water partition coefficient (Wildman–Crippen LogP) is 2.81. The Labute approximate surface area is 129 Å². The maximum absolute atomic E-state index is 12.3. The van der Waals surface area contributed by atoms with Crippen LogP contribution in [0.2, 0.25) is 0 Å². The number of hydrogen-bond acceptors (Lipinski definition) is 4. The zero-order chi connectivity index (χ0) is 15.0. The van der Waals surface area contributed by atoms with Crippen LogP contribution in [0.5, 0.6) is 0 Å². The molecule has 0 saturated carbocycles. The van der Waals surface area contributed by atoms with Crippen LogP contribution in [0.25, 0.3) is 10.2 Å². The second-order valence-electron chi connectivity index (χ2n) is 6.03. The molecular weight excluding hydrogens is 282 g/mol. The van der Waals surface area contributed by atoms with Gasteiger partial charge in [0.2, 0.25) is 5.91 Å². The van der Waals surface area contributed by atoms with Gasteiger partial charge in [0.25, 0.3) is 0 Å². The number of hydrogen-bond donors (Lipinski definition) is 1. The second-order valence-corrected chi connectivity index (χ2v) is 6.92. The van der Waals surface area contributed by atoms with Crippen LogP contribution in [-0.2, 0) is 4.79 Å². The molecule has 112 valence electrons. The molecule has 1 aliphatic rings. The first-order valence-corrected chi connectivity index (χ1v) is 8.31. The molecule has 5 heteroatoms. The van der Waals surface area contributed by atoms with Crippen LogP contribution in [0.3, 0.4) is 0 Å². The van der Waals surface area contributed by atoms with Gasteiger partial charge in [-0.2, -0.15) is 0 Å². The van der Waals surface area contributed by atoms with Crippen LogP contribution in [0.4, 0.5) is 0 Å². The van der Waals surface area contributed by atoms with Gasteiger partial charge < -0.3 is 10.2 Å². The fourth-order valence-corrected chi connectivity index (χ4v) is 3.48. The largest absolute Gasteiger partial charge is 0.337 e. The standard InChI is InChI=1S/C16H21N3OS/c1-10(2)16(20)19-8-14(17-7-11(19)3)12-4-5-15-13(6-12)18-9-21-15/h4-6,9-11,14,17H,7-8H2,1-3H3/t11-,14-/m1/s1. The van der Waals surface area contributed by atoms with E-state index >= 15 is 0 Å². The zero-order valence-electron chi connectivity index (χ0n) is 12.7. The summed E-state index contributed by atoms with van der Waals surface area (Å²) < 4.78 is 1.21. The molecular formula is C16H21N3OS. The van der Waals surface area contributed by atoms with Crippen molar-refractivity contribution in [2.24, 2.45) is 5.92 Å². The number of thiazole rings is 1. The Kier molecular flexibility index (Phi) is 3.95. The molecule has 1 saturated heterocycles. The highest BCUT2D eigenvalue weighted by molar-refractivity contribution is 7.16. The molecule has 0 radical (unpaired) electrons. The number of nitrogens with one attached hydrogen (secondary N) is 1. The summed E-state index contributed by atoms with van der Waals surface area (Å²) in [5, 5.41) is 3.55. The lowest BCUT2D eigenvalue weighted by atomic mass is 10.0. The molecule has 2 heterocycles. The Morgan fingerprint density at radius 2 is 2.29 bits per heavy atom. The first-order valence-electron chi connectivity index (χ1n) is 7.43. The summed E-state index contributed by atoms with van der Waals surface area (Å²) in [6.45, 7) is 7.60. The summed E-state index contributed by atoms with van der Waals surface area (Å²) >= 11 is 1.66. The van der Waals surface area contributed by atoms with Gasteiger partial charge in [0.05, 0.1) is 21.8 Å². The number of rotatable bonds is 2. The number of fused-ring (bicyclic) bond motifs is 1. The Hall–Kier alpha value is -1.46. The molecule has 0 aliphatic carbocycles. The third-order valence-corrected chi connectivity index (χ3v) is 4.91. The third-order valence-electron chi connectivity index (χ3n) is 4.10. The summed E-state index contributed by atoms with van der Waals surface area (Å²) in [7, 11) is 0. The van der Waals surface area contributed by atoms with Gasteiger partial charge in [0, 0.05) is 25.0 Å². The Morgan fingerprint density at radius 3 is 3.05 bits per heavy atom. The molecule has 2 atom stereocenters. The van der Waals surface area contributed by atoms with Crippen molar-refractivity contribution in [3.8, 4) is 0 Å². The van der Waals surface area contributed by atoms with E-state index in [1.807, 2.05) is 24.3 Å². The van der Waals surface area contributed by atoms with Gasteiger partial charge in [-0.1, -0.05) is 19.9 Å². The molecule has 1 fully saturated rings. The van der Waals surface area contributed by atoms with Gasteiger partial charge >= 0.3 is 0 Å². The van der Waals surface area contributed by atoms with E-state index < -0.39 is 0 Å². The fourth-order valence-electron chi connectivity index (χ4n) is 2.82. The highest BCUT2D eigenvalue weighted by Crippen LogP contribution is 2.25. The van der Waals surface area contributed by atoms with E-state index in [0.29, 0.717) is 0 Å². The highest BCUT2D eigenvalue weighted by Gasteiger charge is 2.30. The van der Waals surface area contributed by atoms with Crippen LogP contribution < -0.4 is 5.32 Å². The van der Waals surface area contributed by atoms with Gasteiger partial charge in [-0.15, -0.1) is 11.3 Å². The maximum Gasteiger partial charge on any atom is 0.225 e. The van der Waals surface area contributed by atoms with E-state index in [1.165, 1.54) is 10.3 Å². The van der Waals surface area contributed by atoms with Crippen LogP contribution in [0, 0.1) is 5.92 Å². The van der Waals surface area contributed by atoms with Crippen molar-refractivity contribution in [1.29, 1.82) is 0 Å². The summed E-state index contributed by atoms with van der Waals surface area (Å²) in [5.74, 6) is 0.288. The summed E-state index contributed by atoms with van der Waals surface area (Å²) in [6, 6.07) is 6.84. The minimum atomic E-state index is 0.0484. The average Bonchev–Trinajstić information content (AvgIpc) is 2.94. The zero-order valence-corrected chi connectivity index (χ0v) is 13.5. The number of carbonyl (C=O) groups excluding carboxylic acids is 1. The van der Waals surface area contributed by atoms with Crippen molar-refractivity contribution in [3.63, 3.8) is 0 Å². The lowest BCUT2D eigenvalue weighted by Gasteiger charge is -2.40. The van der Waals surface area contributed by atoms with Gasteiger partial charge in [-0.05, 0) is 24.6 Å². The van der Waals surface area contributed by atoms with Crippen molar-refractivity contribution in [3.05, 3.63) is 29.3 Å². The number of piperazine rings is 1. The molecule has 1 aromatic carbocycles. The quantitative estimate of drug-likeness (QED) is 0.928. The third kappa shape index (κ3) is 2.80. The number of aromatic nitrogens is 1. The smallest absolute Gasteiger partial charge is 0.225 e. The topological polar surface area (TPSA) is 45.2 Å². The number of carbonyl (C=O) groups is 1. The van der Waals surface area contributed by atoms with Crippen LogP contribution in [0.15, 0.2) is 23.7 Å². The summed E-state index contributed by atoms with van der Waals surface area (Å²) in [4.78, 5) is 18.7. The van der Waals surface area contributed by atoms with Gasteiger partial charge in [-0.25, -0.2) is 4.98 Å². The van der Waals surface area contributed by atoms with Gasteiger partial charge in [0.1, 0.15) is 0 Å². The summed E-state index contributed by atoms with van der Waals surface area (Å²) in [5.41, 5.74) is 4.13. The maximum atomic E-state index is 12.3.